The van der Waals surface area contributed by atoms with Crippen LogP contribution in [0.2, 0.25) is 5.02 Å². The van der Waals surface area contributed by atoms with E-state index in [1.807, 2.05) is 0 Å². The van der Waals surface area contributed by atoms with Gasteiger partial charge in [-0.2, -0.15) is 0 Å². The van der Waals surface area contributed by atoms with Crippen molar-refractivity contribution in [3.05, 3.63) is 61.3 Å². The molecule has 0 aliphatic rings. The van der Waals surface area contributed by atoms with Crippen LogP contribution in [-0.2, 0) is 5.33 Å². The molecule has 2 aromatic rings. The Morgan fingerprint density at radius 2 is 2.00 bits per heavy atom. The molecule has 0 radical (unpaired) electrons. The third-order valence-corrected chi connectivity index (χ3v) is 4.04. The molecule has 2 aromatic carbocycles. The standard InChI is InChI=1S/C13H7Br2ClFNO3/c14-6-7-1-2-8(16)3-12(7)21-13-5-10(17)9(15)4-11(13)18(19)20/h1-5H,6H2. The third-order valence-electron chi connectivity index (χ3n) is 2.59. The molecule has 0 aliphatic heterocycles. The summed E-state index contributed by atoms with van der Waals surface area (Å²) in [4.78, 5) is 10.4. The summed E-state index contributed by atoms with van der Waals surface area (Å²) in [6, 6.07) is 6.92. The number of alkyl halides is 1. The summed E-state index contributed by atoms with van der Waals surface area (Å²) in [6.07, 6.45) is 0. The summed E-state index contributed by atoms with van der Waals surface area (Å²) in [6.45, 7) is 0. The molecule has 0 aliphatic carbocycles. The molecule has 0 saturated heterocycles. The molecule has 21 heavy (non-hydrogen) atoms. The Morgan fingerprint density at radius 3 is 2.62 bits per heavy atom. The SMILES string of the molecule is O=[N+]([O-])c1cc(Br)c(F)cc1Oc1cc(Cl)ccc1CBr. The molecule has 0 amide bonds. The molecule has 110 valence electrons. The van der Waals surface area contributed by atoms with Crippen LogP contribution in [0.1, 0.15) is 5.56 Å². The van der Waals surface area contributed by atoms with Gasteiger partial charge in [0.15, 0.2) is 0 Å². The molecule has 0 spiro atoms. The maximum Gasteiger partial charge on any atom is 0.312 e. The van der Waals surface area contributed by atoms with Gasteiger partial charge in [-0.25, -0.2) is 4.39 Å². The first kappa shape index (κ1) is 16.2. The Morgan fingerprint density at radius 1 is 1.29 bits per heavy atom. The molecule has 0 N–H and O–H groups in total. The molecule has 0 aromatic heterocycles. The van der Waals surface area contributed by atoms with Crippen molar-refractivity contribution in [3.63, 3.8) is 0 Å². The van der Waals surface area contributed by atoms with Crippen molar-refractivity contribution in [3.8, 4) is 11.5 Å². The number of rotatable bonds is 4. The highest BCUT2D eigenvalue weighted by Crippen LogP contribution is 2.37. The Bertz CT molecular complexity index is 712. The topological polar surface area (TPSA) is 52.4 Å². The summed E-state index contributed by atoms with van der Waals surface area (Å²) in [5, 5.41) is 11.9. The highest BCUT2D eigenvalue weighted by Gasteiger charge is 2.20. The molecule has 8 heteroatoms. The van der Waals surface area contributed by atoms with E-state index in [0.29, 0.717) is 16.1 Å². The van der Waals surface area contributed by atoms with Gasteiger partial charge in [0.1, 0.15) is 11.6 Å². The quantitative estimate of drug-likeness (QED) is 0.342. The second-order valence-electron chi connectivity index (χ2n) is 3.98. The average Bonchev–Trinajstić information content (AvgIpc) is 2.42. The zero-order valence-corrected chi connectivity index (χ0v) is 14.2. The van der Waals surface area contributed by atoms with Crippen molar-refractivity contribution in [1.82, 2.24) is 0 Å². The van der Waals surface area contributed by atoms with Crippen molar-refractivity contribution < 1.29 is 14.1 Å². The number of ether oxygens (including phenoxy) is 1. The van der Waals surface area contributed by atoms with Gasteiger partial charge in [-0.1, -0.05) is 33.6 Å². The maximum atomic E-state index is 13.6. The van der Waals surface area contributed by atoms with Gasteiger partial charge in [0.2, 0.25) is 5.75 Å². The largest absolute Gasteiger partial charge is 0.450 e. The second kappa shape index (κ2) is 6.72. The van der Waals surface area contributed by atoms with Crippen LogP contribution in [0.4, 0.5) is 10.1 Å². The van der Waals surface area contributed by atoms with Crippen LogP contribution in [0, 0.1) is 15.9 Å². The van der Waals surface area contributed by atoms with Crippen molar-refractivity contribution in [2.45, 2.75) is 5.33 Å². The lowest BCUT2D eigenvalue weighted by Gasteiger charge is -2.11. The molecule has 2 rings (SSSR count). The first-order valence-corrected chi connectivity index (χ1v) is 7.87. The molecular weight excluding hydrogens is 432 g/mol. The van der Waals surface area contributed by atoms with Crippen molar-refractivity contribution >= 4 is 49.1 Å². The van der Waals surface area contributed by atoms with Gasteiger partial charge in [-0.3, -0.25) is 10.1 Å². The molecule has 0 saturated carbocycles. The normalized spacial score (nSPS) is 10.5. The third kappa shape index (κ3) is 3.72. The molecule has 0 atom stereocenters. The fraction of sp³-hybridized carbons (Fsp3) is 0.0769. The Kier molecular flexibility index (Phi) is 5.18. The average molecular weight is 439 g/mol. The van der Waals surface area contributed by atoms with Crippen molar-refractivity contribution in [2.75, 3.05) is 0 Å². The smallest absolute Gasteiger partial charge is 0.312 e. The van der Waals surface area contributed by atoms with E-state index in [0.717, 1.165) is 17.7 Å². The molecule has 0 bridgehead atoms. The van der Waals surface area contributed by atoms with E-state index in [1.165, 1.54) is 6.07 Å². The van der Waals surface area contributed by atoms with Crippen molar-refractivity contribution in [1.29, 1.82) is 0 Å². The Balaban J connectivity index is 2.51. The van der Waals surface area contributed by atoms with E-state index in [9.17, 15) is 14.5 Å². The molecule has 0 fully saturated rings. The van der Waals surface area contributed by atoms with Crippen LogP contribution in [-0.4, -0.2) is 4.92 Å². The minimum Gasteiger partial charge on any atom is -0.450 e. The van der Waals surface area contributed by atoms with Gasteiger partial charge >= 0.3 is 5.69 Å². The van der Waals surface area contributed by atoms with Gasteiger partial charge in [0.05, 0.1) is 9.40 Å². The summed E-state index contributed by atoms with van der Waals surface area (Å²) in [5.74, 6) is -0.521. The van der Waals surface area contributed by atoms with Gasteiger partial charge in [-0.15, -0.1) is 0 Å². The van der Waals surface area contributed by atoms with Crippen LogP contribution in [0.25, 0.3) is 0 Å². The molecule has 0 heterocycles. The first-order chi connectivity index (χ1) is 9.92. The van der Waals surface area contributed by atoms with Gasteiger partial charge < -0.3 is 4.74 Å². The lowest BCUT2D eigenvalue weighted by molar-refractivity contribution is -0.385. The lowest BCUT2D eigenvalue weighted by atomic mass is 10.2. The number of halogens is 4. The fourth-order valence-electron chi connectivity index (χ4n) is 1.59. The molecule has 4 nitrogen and oxygen atoms in total. The van der Waals surface area contributed by atoms with Gasteiger partial charge in [-0.05, 0) is 28.1 Å². The van der Waals surface area contributed by atoms with Crippen LogP contribution >= 0.6 is 43.5 Å². The zero-order valence-electron chi connectivity index (χ0n) is 10.3. The number of nitrogens with zero attached hydrogens (tertiary/aromatic N) is 1. The van der Waals surface area contributed by atoms with E-state index in [-0.39, 0.29) is 15.9 Å². The van der Waals surface area contributed by atoms with E-state index in [4.69, 9.17) is 16.3 Å². The zero-order chi connectivity index (χ0) is 15.6. The minimum atomic E-state index is -0.655. The van der Waals surface area contributed by atoms with Crippen LogP contribution in [0.15, 0.2) is 34.8 Å². The number of hydrogen-bond acceptors (Lipinski definition) is 3. The highest BCUT2D eigenvalue weighted by molar-refractivity contribution is 9.10. The monoisotopic (exact) mass is 437 g/mol. The predicted molar refractivity (Wildman–Crippen MR) is 84.9 cm³/mol. The van der Waals surface area contributed by atoms with Crippen LogP contribution < -0.4 is 4.74 Å². The van der Waals surface area contributed by atoms with E-state index in [2.05, 4.69) is 31.9 Å². The number of nitro groups is 1. The fourth-order valence-corrected chi connectivity index (χ4v) is 2.55. The van der Waals surface area contributed by atoms with Gasteiger partial charge in [0.25, 0.3) is 0 Å². The van der Waals surface area contributed by atoms with E-state index < -0.39 is 10.7 Å². The van der Waals surface area contributed by atoms with E-state index in [1.54, 1.807) is 12.1 Å². The number of hydrogen-bond donors (Lipinski definition) is 0. The summed E-state index contributed by atoms with van der Waals surface area (Å²) in [7, 11) is 0. The maximum absolute atomic E-state index is 13.6. The van der Waals surface area contributed by atoms with Crippen LogP contribution in [0.5, 0.6) is 11.5 Å². The van der Waals surface area contributed by atoms with E-state index >= 15 is 0 Å². The molecular formula is C13H7Br2ClFNO3. The number of nitro benzene ring substituents is 1. The highest BCUT2D eigenvalue weighted by atomic mass is 79.9. The summed E-state index contributed by atoms with van der Waals surface area (Å²) in [5.41, 5.74) is 0.390. The lowest BCUT2D eigenvalue weighted by Crippen LogP contribution is -1.97. The van der Waals surface area contributed by atoms with Gasteiger partial charge in [0, 0.05) is 28.0 Å². The first-order valence-electron chi connectivity index (χ1n) is 5.58. The number of benzene rings is 2. The second-order valence-corrected chi connectivity index (χ2v) is 5.83. The predicted octanol–water partition coefficient (Wildman–Crippen LogP) is 5.84. The Hall–Kier alpha value is -1.18. The minimum absolute atomic E-state index is 0.00615. The summed E-state index contributed by atoms with van der Waals surface area (Å²) < 4.78 is 19.1. The Labute approximate surface area is 141 Å². The molecule has 0 unspecified atom stereocenters. The van der Waals surface area contributed by atoms with Crippen molar-refractivity contribution in [2.24, 2.45) is 0 Å². The van der Waals surface area contributed by atoms with Crippen LogP contribution in [0.3, 0.4) is 0 Å². The summed E-state index contributed by atoms with van der Waals surface area (Å²) >= 11 is 12.1.